The van der Waals surface area contributed by atoms with Gasteiger partial charge in [0.1, 0.15) is 6.34 Å². The minimum Gasteiger partial charge on any atom is -0.274 e. The van der Waals surface area contributed by atoms with Gasteiger partial charge in [0.15, 0.2) is 0 Å². The summed E-state index contributed by atoms with van der Waals surface area (Å²) in [7, 11) is 0. The van der Waals surface area contributed by atoms with Crippen molar-refractivity contribution in [2.45, 2.75) is 20.3 Å². The third-order valence-corrected chi connectivity index (χ3v) is 1.18. The molecule has 0 N–H and O–H groups in total. The van der Waals surface area contributed by atoms with Crippen LogP contribution < -0.4 is 0 Å². The van der Waals surface area contributed by atoms with Gasteiger partial charge >= 0.3 is 0 Å². The van der Waals surface area contributed by atoms with Crippen LogP contribution >= 0.6 is 0 Å². The average Bonchev–Trinajstić information content (AvgIpc) is 1.96. The van der Waals surface area contributed by atoms with Gasteiger partial charge in [0, 0.05) is 12.8 Å². The van der Waals surface area contributed by atoms with Crippen molar-refractivity contribution in [2.75, 3.05) is 6.54 Å². The lowest BCUT2D eigenvalue weighted by atomic mass is 10.1. The summed E-state index contributed by atoms with van der Waals surface area (Å²) in [4.78, 5) is 7.93. The molecule has 62 valence electrons. The Labute approximate surface area is 68.8 Å². The Morgan fingerprint density at radius 3 is 2.73 bits per heavy atom. The van der Waals surface area contributed by atoms with Gasteiger partial charge in [-0.2, -0.15) is 0 Å². The van der Waals surface area contributed by atoms with Gasteiger partial charge in [0.05, 0.1) is 0 Å². The number of hydrogen-bond donors (Lipinski definition) is 0. The minimum absolute atomic E-state index is 0.718. The van der Waals surface area contributed by atoms with Gasteiger partial charge in [-0.3, -0.25) is 4.99 Å². The molecule has 0 aromatic carbocycles. The molecule has 0 rings (SSSR count). The van der Waals surface area contributed by atoms with Gasteiger partial charge in [0.25, 0.3) is 0 Å². The Balaban J connectivity index is 3.30. The highest BCUT2D eigenvalue weighted by atomic mass is 14.8. The molecule has 0 aliphatic carbocycles. The molecule has 0 aliphatic rings. The summed E-state index contributed by atoms with van der Waals surface area (Å²) in [6.45, 7) is 8.73. The molecular weight excluding hydrogens is 136 g/mol. The van der Waals surface area contributed by atoms with Crippen molar-refractivity contribution in [3.63, 3.8) is 0 Å². The molecule has 0 unspecified atom stereocenters. The van der Waals surface area contributed by atoms with Gasteiger partial charge in [-0.25, -0.2) is 4.99 Å². The lowest BCUT2D eigenvalue weighted by Gasteiger charge is -1.97. The molecule has 0 spiro atoms. The molecule has 0 saturated carbocycles. The van der Waals surface area contributed by atoms with Crippen LogP contribution in [0.15, 0.2) is 22.6 Å². The molecule has 0 aromatic heterocycles. The number of aliphatic imine (C=N–C) groups is 2. The van der Waals surface area contributed by atoms with E-state index in [9.17, 15) is 0 Å². The first-order chi connectivity index (χ1) is 5.27. The van der Waals surface area contributed by atoms with Crippen molar-refractivity contribution in [1.82, 2.24) is 0 Å². The van der Waals surface area contributed by atoms with Crippen LogP contribution in [0, 0.1) is 5.92 Å². The molecule has 11 heavy (non-hydrogen) atoms. The van der Waals surface area contributed by atoms with Crippen LogP contribution in [0.2, 0.25) is 0 Å². The number of hydrogen-bond acceptors (Lipinski definition) is 1. The van der Waals surface area contributed by atoms with E-state index in [0.29, 0.717) is 0 Å². The van der Waals surface area contributed by atoms with Crippen molar-refractivity contribution in [3.05, 3.63) is 12.7 Å². The summed E-state index contributed by atoms with van der Waals surface area (Å²) >= 11 is 0. The first-order valence-electron chi connectivity index (χ1n) is 3.90. The molecule has 0 aromatic rings. The van der Waals surface area contributed by atoms with E-state index in [0.717, 1.165) is 18.9 Å². The first kappa shape index (κ1) is 10.1. The maximum Gasteiger partial charge on any atom is 0.109 e. The Morgan fingerprint density at radius 2 is 2.18 bits per heavy atom. The predicted octanol–water partition coefficient (Wildman–Crippen LogP) is 2.32. The number of allylic oxidation sites excluding steroid dienone is 1. The second-order valence-corrected chi connectivity index (χ2v) is 2.74. The highest BCUT2D eigenvalue weighted by Crippen LogP contribution is 1.97. The van der Waals surface area contributed by atoms with Gasteiger partial charge in [-0.1, -0.05) is 26.5 Å². The quantitative estimate of drug-likeness (QED) is 0.426. The van der Waals surface area contributed by atoms with E-state index in [2.05, 4.69) is 30.4 Å². The van der Waals surface area contributed by atoms with Crippen LogP contribution in [0.3, 0.4) is 0 Å². The Hall–Kier alpha value is -0.920. The summed E-state index contributed by atoms with van der Waals surface area (Å²) < 4.78 is 0. The molecule has 0 bridgehead atoms. The molecule has 0 amide bonds. The van der Waals surface area contributed by atoms with E-state index in [4.69, 9.17) is 0 Å². The van der Waals surface area contributed by atoms with Crippen molar-refractivity contribution >= 4 is 12.6 Å². The summed E-state index contributed by atoms with van der Waals surface area (Å²) in [6, 6.07) is 0. The molecule has 0 aliphatic heterocycles. The molecule has 0 fully saturated rings. The molecule has 2 heteroatoms. The van der Waals surface area contributed by atoms with Crippen LogP contribution in [0.25, 0.3) is 0 Å². The number of nitrogens with zero attached hydrogens (tertiary/aromatic N) is 2. The van der Waals surface area contributed by atoms with E-state index < -0.39 is 0 Å². The van der Waals surface area contributed by atoms with E-state index in [1.165, 1.54) is 0 Å². The standard InChI is InChI=1S/C9H16N2/c1-4-6-10-8-11-7-5-9(2)3/h4,6,8-9H,1,5,7H2,2-3H3/b10-6-,11-8-. The topological polar surface area (TPSA) is 24.7 Å². The summed E-state index contributed by atoms with van der Waals surface area (Å²) in [5, 5.41) is 0. The highest BCUT2D eigenvalue weighted by molar-refractivity contribution is 5.79. The van der Waals surface area contributed by atoms with Gasteiger partial charge < -0.3 is 0 Å². The van der Waals surface area contributed by atoms with Gasteiger partial charge in [-0.05, 0) is 12.3 Å². The van der Waals surface area contributed by atoms with E-state index in [1.807, 2.05) is 0 Å². The summed E-state index contributed by atoms with van der Waals surface area (Å²) in [5.41, 5.74) is 0. The van der Waals surface area contributed by atoms with Crippen molar-refractivity contribution in [2.24, 2.45) is 15.9 Å². The molecular formula is C9H16N2. The molecule has 2 nitrogen and oxygen atoms in total. The lowest BCUT2D eigenvalue weighted by molar-refractivity contribution is 0.597. The van der Waals surface area contributed by atoms with Crippen LogP contribution in [0.1, 0.15) is 20.3 Å². The third kappa shape index (κ3) is 9.08. The van der Waals surface area contributed by atoms with Crippen LogP contribution in [0.4, 0.5) is 0 Å². The van der Waals surface area contributed by atoms with Crippen molar-refractivity contribution < 1.29 is 0 Å². The molecule has 0 radical (unpaired) electrons. The van der Waals surface area contributed by atoms with Crippen molar-refractivity contribution in [1.29, 1.82) is 0 Å². The van der Waals surface area contributed by atoms with Crippen LogP contribution in [-0.2, 0) is 0 Å². The van der Waals surface area contributed by atoms with Gasteiger partial charge in [-0.15, -0.1) is 0 Å². The lowest BCUT2D eigenvalue weighted by Crippen LogP contribution is -1.89. The van der Waals surface area contributed by atoms with Crippen molar-refractivity contribution in [3.8, 4) is 0 Å². The predicted molar refractivity (Wildman–Crippen MR) is 51.5 cm³/mol. The fraction of sp³-hybridized carbons (Fsp3) is 0.556. The maximum absolute atomic E-state index is 4.08. The Kier molecular flexibility index (Phi) is 6.59. The fourth-order valence-corrected chi connectivity index (χ4v) is 0.537. The molecule has 0 saturated heterocycles. The third-order valence-electron chi connectivity index (χ3n) is 1.18. The van der Waals surface area contributed by atoms with E-state index in [-0.39, 0.29) is 0 Å². The Bertz CT molecular complexity index is 146. The SMILES string of the molecule is C=C/C=N\C=N/CCC(C)C. The zero-order chi connectivity index (χ0) is 8.53. The largest absolute Gasteiger partial charge is 0.274 e. The summed E-state index contributed by atoms with van der Waals surface area (Å²) in [6.07, 6.45) is 5.96. The fourth-order valence-electron chi connectivity index (χ4n) is 0.537. The van der Waals surface area contributed by atoms with Crippen LogP contribution in [-0.4, -0.2) is 19.1 Å². The monoisotopic (exact) mass is 152 g/mol. The zero-order valence-corrected chi connectivity index (χ0v) is 7.33. The second kappa shape index (κ2) is 7.19. The molecule has 0 heterocycles. The molecule has 0 atom stereocenters. The van der Waals surface area contributed by atoms with E-state index in [1.54, 1.807) is 18.6 Å². The maximum atomic E-state index is 4.08. The number of rotatable bonds is 5. The second-order valence-electron chi connectivity index (χ2n) is 2.74. The first-order valence-corrected chi connectivity index (χ1v) is 3.90. The Morgan fingerprint density at radius 1 is 1.45 bits per heavy atom. The normalized spacial score (nSPS) is 11.9. The van der Waals surface area contributed by atoms with E-state index >= 15 is 0 Å². The highest BCUT2D eigenvalue weighted by Gasteiger charge is 1.88. The van der Waals surface area contributed by atoms with Crippen LogP contribution in [0.5, 0.6) is 0 Å². The smallest absolute Gasteiger partial charge is 0.109 e. The zero-order valence-electron chi connectivity index (χ0n) is 7.33. The minimum atomic E-state index is 0.718. The summed E-state index contributed by atoms with van der Waals surface area (Å²) in [5.74, 6) is 0.718. The average molecular weight is 152 g/mol. The van der Waals surface area contributed by atoms with Gasteiger partial charge in [0.2, 0.25) is 0 Å².